The molecular weight excluding hydrogens is 388 g/mol. The van der Waals surface area contributed by atoms with Gasteiger partial charge in [0.05, 0.1) is 12.8 Å². The molecule has 4 aromatic rings. The lowest BCUT2D eigenvalue weighted by atomic mass is 10.1. The van der Waals surface area contributed by atoms with Crippen molar-refractivity contribution in [1.29, 1.82) is 0 Å². The molecule has 0 aliphatic heterocycles. The van der Waals surface area contributed by atoms with Crippen LogP contribution in [0, 0.1) is 6.92 Å². The smallest absolute Gasteiger partial charge is 0.336 e. The molecule has 3 aromatic carbocycles. The predicted molar refractivity (Wildman–Crippen MR) is 122 cm³/mol. The number of methoxy groups -OCH3 is 1. The summed E-state index contributed by atoms with van der Waals surface area (Å²) < 4.78 is 6.99. The average Bonchev–Trinajstić information content (AvgIpc) is 3.23. The minimum absolute atomic E-state index is 0.195. The lowest BCUT2D eigenvalue weighted by Gasteiger charge is -2.09. The van der Waals surface area contributed by atoms with Crippen LogP contribution in [0.5, 0.6) is 6.01 Å². The summed E-state index contributed by atoms with van der Waals surface area (Å²) in [5, 5.41) is 7.32. The normalized spacial score (nSPS) is 10.9. The van der Waals surface area contributed by atoms with Crippen LogP contribution in [0.1, 0.15) is 11.1 Å². The summed E-state index contributed by atoms with van der Waals surface area (Å²) in [7, 11) is 1.54. The Morgan fingerprint density at radius 1 is 0.968 bits per heavy atom. The van der Waals surface area contributed by atoms with Crippen molar-refractivity contribution in [3.8, 4) is 23.1 Å². The molecule has 0 saturated carbocycles. The van der Waals surface area contributed by atoms with Gasteiger partial charge in [-0.3, -0.25) is 4.79 Å². The van der Waals surface area contributed by atoms with E-state index >= 15 is 0 Å². The second kappa shape index (κ2) is 9.09. The van der Waals surface area contributed by atoms with Gasteiger partial charge >= 0.3 is 6.01 Å². The third kappa shape index (κ3) is 4.70. The zero-order valence-electron chi connectivity index (χ0n) is 17.3. The Morgan fingerprint density at radius 3 is 2.39 bits per heavy atom. The molecule has 0 unspecified atom stereocenters. The summed E-state index contributed by atoms with van der Waals surface area (Å²) in [4.78, 5) is 16.7. The minimum atomic E-state index is -0.195. The van der Waals surface area contributed by atoms with Crippen molar-refractivity contribution < 1.29 is 9.53 Å². The molecule has 1 heterocycles. The van der Waals surface area contributed by atoms with Gasteiger partial charge in [0.1, 0.15) is 0 Å². The standard InChI is InChI=1S/C25H22N4O2/c1-18-8-6-7-11-22(18)24-27-25(31-2)28-29(24)21-15-13-20(14-16-21)26-23(30)17-12-19-9-4-3-5-10-19/h3-17H,1-2H3,(H,26,30)/b17-12+. The van der Waals surface area contributed by atoms with Gasteiger partial charge in [-0.25, -0.2) is 4.68 Å². The molecule has 0 aliphatic carbocycles. The lowest BCUT2D eigenvalue weighted by molar-refractivity contribution is -0.111. The third-order valence-electron chi connectivity index (χ3n) is 4.76. The number of aryl methyl sites for hydroxylation is 1. The van der Waals surface area contributed by atoms with E-state index in [2.05, 4.69) is 15.4 Å². The zero-order valence-corrected chi connectivity index (χ0v) is 17.3. The van der Waals surface area contributed by atoms with E-state index < -0.39 is 0 Å². The van der Waals surface area contributed by atoms with E-state index in [0.717, 1.165) is 22.4 Å². The first-order valence-electron chi connectivity index (χ1n) is 9.85. The Bertz CT molecular complexity index is 1210. The molecule has 6 heteroatoms. The second-order valence-corrected chi connectivity index (χ2v) is 6.93. The number of carbonyl (C=O) groups is 1. The fourth-order valence-electron chi connectivity index (χ4n) is 3.16. The van der Waals surface area contributed by atoms with Gasteiger partial charge in [-0.1, -0.05) is 54.6 Å². The van der Waals surface area contributed by atoms with Gasteiger partial charge in [-0.2, -0.15) is 4.98 Å². The summed E-state index contributed by atoms with van der Waals surface area (Å²) in [6, 6.07) is 25.4. The van der Waals surface area contributed by atoms with Crippen molar-refractivity contribution >= 4 is 17.7 Å². The highest BCUT2D eigenvalue weighted by Gasteiger charge is 2.15. The van der Waals surface area contributed by atoms with Crippen LogP contribution in [0.4, 0.5) is 5.69 Å². The van der Waals surface area contributed by atoms with Crippen LogP contribution >= 0.6 is 0 Å². The molecule has 6 nitrogen and oxygen atoms in total. The van der Waals surface area contributed by atoms with Crippen molar-refractivity contribution in [3.05, 3.63) is 96.1 Å². The van der Waals surface area contributed by atoms with Crippen LogP contribution < -0.4 is 10.1 Å². The molecule has 1 amide bonds. The quantitative estimate of drug-likeness (QED) is 0.459. The van der Waals surface area contributed by atoms with Crippen LogP contribution in [0.15, 0.2) is 84.9 Å². The molecule has 0 aliphatic rings. The van der Waals surface area contributed by atoms with Crippen molar-refractivity contribution in [2.45, 2.75) is 6.92 Å². The van der Waals surface area contributed by atoms with E-state index in [4.69, 9.17) is 4.74 Å². The number of rotatable bonds is 6. The maximum absolute atomic E-state index is 12.2. The number of aromatic nitrogens is 3. The summed E-state index contributed by atoms with van der Waals surface area (Å²) in [5.74, 6) is 0.497. The fourth-order valence-corrected chi connectivity index (χ4v) is 3.16. The number of benzene rings is 3. The number of carbonyl (C=O) groups excluding carboxylic acids is 1. The first-order chi connectivity index (χ1) is 15.1. The van der Waals surface area contributed by atoms with Gasteiger partial charge < -0.3 is 10.1 Å². The second-order valence-electron chi connectivity index (χ2n) is 6.93. The molecule has 0 fully saturated rings. The number of anilines is 1. The highest BCUT2D eigenvalue weighted by atomic mass is 16.5. The number of ether oxygens (including phenoxy) is 1. The van der Waals surface area contributed by atoms with Gasteiger partial charge in [-0.15, -0.1) is 5.10 Å². The Kier molecular flexibility index (Phi) is 5.89. The lowest BCUT2D eigenvalue weighted by Crippen LogP contribution is -2.08. The van der Waals surface area contributed by atoms with Gasteiger partial charge in [0, 0.05) is 17.3 Å². The van der Waals surface area contributed by atoms with E-state index in [1.807, 2.05) is 85.8 Å². The highest BCUT2D eigenvalue weighted by Crippen LogP contribution is 2.26. The van der Waals surface area contributed by atoms with Gasteiger partial charge in [0.15, 0.2) is 5.82 Å². The molecule has 0 radical (unpaired) electrons. The minimum Gasteiger partial charge on any atom is -0.466 e. The Balaban J connectivity index is 1.55. The Hall–Kier alpha value is -4.19. The largest absolute Gasteiger partial charge is 0.466 e. The molecule has 0 atom stereocenters. The molecule has 0 bridgehead atoms. The average molecular weight is 410 g/mol. The van der Waals surface area contributed by atoms with Gasteiger partial charge in [0.2, 0.25) is 5.91 Å². The summed E-state index contributed by atoms with van der Waals surface area (Å²) in [5.41, 5.74) is 4.54. The van der Waals surface area contributed by atoms with Crippen LogP contribution in [0.2, 0.25) is 0 Å². The maximum atomic E-state index is 12.2. The van der Waals surface area contributed by atoms with Crippen LogP contribution in [-0.2, 0) is 4.79 Å². The maximum Gasteiger partial charge on any atom is 0.336 e. The molecule has 0 saturated heterocycles. The van der Waals surface area contributed by atoms with Crippen molar-refractivity contribution in [2.75, 3.05) is 12.4 Å². The number of amides is 1. The van der Waals surface area contributed by atoms with Crippen molar-refractivity contribution in [2.24, 2.45) is 0 Å². The summed E-state index contributed by atoms with van der Waals surface area (Å²) in [6.07, 6.45) is 3.29. The molecular formula is C25H22N4O2. The van der Waals surface area contributed by atoms with Crippen LogP contribution in [0.25, 0.3) is 23.2 Å². The third-order valence-corrected chi connectivity index (χ3v) is 4.76. The van der Waals surface area contributed by atoms with Crippen LogP contribution in [-0.4, -0.2) is 27.8 Å². The zero-order chi connectivity index (χ0) is 21.6. The van der Waals surface area contributed by atoms with E-state index in [-0.39, 0.29) is 5.91 Å². The highest BCUT2D eigenvalue weighted by molar-refractivity contribution is 6.01. The summed E-state index contributed by atoms with van der Waals surface area (Å²) >= 11 is 0. The first kappa shape index (κ1) is 20.1. The molecule has 0 spiro atoms. The van der Waals surface area contributed by atoms with Crippen LogP contribution in [0.3, 0.4) is 0 Å². The van der Waals surface area contributed by atoms with E-state index in [0.29, 0.717) is 17.5 Å². The Morgan fingerprint density at radius 2 is 1.68 bits per heavy atom. The number of hydrogen-bond donors (Lipinski definition) is 1. The fraction of sp³-hybridized carbons (Fsp3) is 0.0800. The van der Waals surface area contributed by atoms with E-state index in [1.54, 1.807) is 17.9 Å². The molecule has 154 valence electrons. The molecule has 31 heavy (non-hydrogen) atoms. The van der Waals surface area contributed by atoms with Crippen molar-refractivity contribution in [3.63, 3.8) is 0 Å². The van der Waals surface area contributed by atoms with Crippen molar-refractivity contribution in [1.82, 2.24) is 14.8 Å². The van der Waals surface area contributed by atoms with E-state index in [1.165, 1.54) is 6.08 Å². The van der Waals surface area contributed by atoms with E-state index in [9.17, 15) is 4.79 Å². The molecule has 4 rings (SSSR count). The number of hydrogen-bond acceptors (Lipinski definition) is 4. The predicted octanol–water partition coefficient (Wildman–Crippen LogP) is 4.90. The van der Waals surface area contributed by atoms with Gasteiger partial charge in [-0.05, 0) is 48.4 Å². The first-order valence-corrected chi connectivity index (χ1v) is 9.85. The Labute approximate surface area is 180 Å². The SMILES string of the molecule is COc1nc(-c2ccccc2C)n(-c2ccc(NC(=O)/C=C/c3ccccc3)cc2)n1. The topological polar surface area (TPSA) is 69.0 Å². The van der Waals surface area contributed by atoms with Gasteiger partial charge in [0.25, 0.3) is 0 Å². The molecule has 1 aromatic heterocycles. The molecule has 1 N–H and O–H groups in total. The summed E-state index contributed by atoms with van der Waals surface area (Å²) in [6.45, 7) is 2.03. The number of nitrogens with one attached hydrogen (secondary N) is 1. The monoisotopic (exact) mass is 410 g/mol. The number of nitrogens with zero attached hydrogens (tertiary/aromatic N) is 3.